The minimum Gasteiger partial charge on any atom is -0.436 e. The lowest BCUT2D eigenvalue weighted by Gasteiger charge is -2.04. The van der Waals surface area contributed by atoms with Gasteiger partial charge >= 0.3 is 0 Å². The number of fused-ring (bicyclic) bond motifs is 2. The standard InChI is InChI=1S/C21H16N6O2/c1-12-9-13(2)27-11-23-18(19(27)24-12)20(28)25-15-3-4-17-16(10-15)26-21(29-17)14-5-7-22-8-6-14/h3-11H,1-2H3,(H,25,28). The Hall–Kier alpha value is -4.07. The summed E-state index contributed by atoms with van der Waals surface area (Å²) in [5.74, 6) is 0.170. The summed E-state index contributed by atoms with van der Waals surface area (Å²) in [6, 6.07) is 10.9. The first kappa shape index (κ1) is 17.1. The van der Waals surface area contributed by atoms with Gasteiger partial charge in [0.05, 0.1) is 0 Å². The van der Waals surface area contributed by atoms with Crippen molar-refractivity contribution >= 4 is 28.3 Å². The molecular formula is C21H16N6O2. The summed E-state index contributed by atoms with van der Waals surface area (Å²) in [7, 11) is 0. The quantitative estimate of drug-likeness (QED) is 0.508. The molecule has 0 fully saturated rings. The maximum atomic E-state index is 12.8. The monoisotopic (exact) mass is 384 g/mol. The van der Waals surface area contributed by atoms with Crippen LogP contribution in [0.15, 0.2) is 59.5 Å². The molecule has 8 nitrogen and oxygen atoms in total. The Bertz CT molecular complexity index is 1370. The number of carbonyl (C=O) groups is 1. The fourth-order valence-corrected chi connectivity index (χ4v) is 3.25. The first-order valence-electron chi connectivity index (χ1n) is 9.02. The van der Waals surface area contributed by atoms with Gasteiger partial charge in [-0.3, -0.25) is 14.2 Å². The second kappa shape index (κ2) is 6.52. The number of anilines is 1. The summed E-state index contributed by atoms with van der Waals surface area (Å²) in [5.41, 5.74) is 5.32. The molecule has 1 amide bonds. The lowest BCUT2D eigenvalue weighted by atomic mass is 10.2. The number of carbonyl (C=O) groups excluding carboxylic acids is 1. The average Bonchev–Trinajstić information content (AvgIpc) is 3.32. The van der Waals surface area contributed by atoms with E-state index in [-0.39, 0.29) is 11.6 Å². The minimum absolute atomic E-state index is 0.273. The third-order valence-electron chi connectivity index (χ3n) is 4.61. The van der Waals surface area contributed by atoms with Crippen molar-refractivity contribution in [2.24, 2.45) is 0 Å². The Kier molecular flexibility index (Phi) is 3.83. The molecule has 4 aromatic heterocycles. The van der Waals surface area contributed by atoms with Crippen LogP contribution in [-0.4, -0.2) is 30.2 Å². The smallest absolute Gasteiger partial charge is 0.278 e. The van der Waals surface area contributed by atoms with E-state index >= 15 is 0 Å². The van der Waals surface area contributed by atoms with Crippen LogP contribution in [0.5, 0.6) is 0 Å². The van der Waals surface area contributed by atoms with E-state index < -0.39 is 0 Å². The number of aromatic nitrogens is 5. The molecule has 142 valence electrons. The number of imidazole rings is 1. The Morgan fingerprint density at radius 3 is 2.72 bits per heavy atom. The average molecular weight is 384 g/mol. The van der Waals surface area contributed by atoms with Gasteiger partial charge in [0.1, 0.15) is 11.8 Å². The number of benzene rings is 1. The van der Waals surface area contributed by atoms with Crippen LogP contribution in [0.1, 0.15) is 21.9 Å². The predicted molar refractivity (Wildman–Crippen MR) is 108 cm³/mol. The maximum Gasteiger partial charge on any atom is 0.278 e. The van der Waals surface area contributed by atoms with Crippen molar-refractivity contribution in [3.8, 4) is 11.5 Å². The molecule has 0 radical (unpaired) electrons. The molecule has 0 aliphatic rings. The largest absolute Gasteiger partial charge is 0.436 e. The van der Waals surface area contributed by atoms with Gasteiger partial charge in [-0.15, -0.1) is 0 Å². The van der Waals surface area contributed by atoms with Crippen molar-refractivity contribution in [1.29, 1.82) is 0 Å². The molecule has 0 saturated heterocycles. The second-order valence-electron chi connectivity index (χ2n) is 6.72. The van der Waals surface area contributed by atoms with Crippen molar-refractivity contribution in [2.45, 2.75) is 13.8 Å². The van der Waals surface area contributed by atoms with Crippen LogP contribution in [0.25, 0.3) is 28.2 Å². The first-order valence-corrected chi connectivity index (χ1v) is 9.02. The zero-order chi connectivity index (χ0) is 20.0. The van der Waals surface area contributed by atoms with E-state index in [0.717, 1.165) is 17.0 Å². The van der Waals surface area contributed by atoms with E-state index in [1.165, 1.54) is 0 Å². The summed E-state index contributed by atoms with van der Waals surface area (Å²) >= 11 is 0. The van der Waals surface area contributed by atoms with E-state index in [1.54, 1.807) is 41.3 Å². The zero-order valence-electron chi connectivity index (χ0n) is 15.7. The third kappa shape index (κ3) is 3.00. The summed E-state index contributed by atoms with van der Waals surface area (Å²) in [5, 5.41) is 2.87. The first-order chi connectivity index (χ1) is 14.1. The number of pyridine rings is 1. The number of oxazole rings is 1. The summed E-state index contributed by atoms with van der Waals surface area (Å²) in [6.45, 7) is 3.84. The van der Waals surface area contributed by atoms with Crippen LogP contribution in [0.2, 0.25) is 0 Å². The molecule has 1 aromatic carbocycles. The number of nitrogens with one attached hydrogen (secondary N) is 1. The van der Waals surface area contributed by atoms with Gasteiger partial charge in [0, 0.05) is 35.0 Å². The second-order valence-corrected chi connectivity index (χ2v) is 6.72. The topological polar surface area (TPSA) is 98.2 Å². The number of amides is 1. The molecule has 0 spiro atoms. The van der Waals surface area contributed by atoms with E-state index in [2.05, 4.69) is 25.3 Å². The van der Waals surface area contributed by atoms with Crippen LogP contribution in [-0.2, 0) is 0 Å². The molecule has 8 heteroatoms. The normalized spacial score (nSPS) is 11.2. The molecule has 5 aromatic rings. The summed E-state index contributed by atoms with van der Waals surface area (Å²) in [4.78, 5) is 30.0. The lowest BCUT2D eigenvalue weighted by molar-refractivity contribution is 0.102. The van der Waals surface area contributed by atoms with Gasteiger partial charge in [0.15, 0.2) is 16.9 Å². The fraction of sp³-hybridized carbons (Fsp3) is 0.0952. The minimum atomic E-state index is -0.331. The molecule has 0 atom stereocenters. The predicted octanol–water partition coefficient (Wildman–Crippen LogP) is 3.80. The third-order valence-corrected chi connectivity index (χ3v) is 4.61. The number of rotatable bonds is 3. The van der Waals surface area contributed by atoms with Crippen LogP contribution < -0.4 is 5.32 Å². The van der Waals surface area contributed by atoms with E-state index in [4.69, 9.17) is 4.42 Å². The molecule has 4 heterocycles. The van der Waals surface area contributed by atoms with Crippen LogP contribution >= 0.6 is 0 Å². The van der Waals surface area contributed by atoms with Gasteiger partial charge in [-0.25, -0.2) is 15.0 Å². The van der Waals surface area contributed by atoms with Gasteiger partial charge in [-0.2, -0.15) is 0 Å². The van der Waals surface area contributed by atoms with E-state index in [9.17, 15) is 4.79 Å². The molecule has 0 unspecified atom stereocenters. The molecule has 0 aliphatic heterocycles. The van der Waals surface area contributed by atoms with E-state index in [0.29, 0.717) is 28.3 Å². The highest BCUT2D eigenvalue weighted by atomic mass is 16.3. The number of nitrogens with zero attached hydrogens (tertiary/aromatic N) is 5. The Balaban J connectivity index is 1.47. The van der Waals surface area contributed by atoms with Crippen molar-refractivity contribution in [3.63, 3.8) is 0 Å². The zero-order valence-corrected chi connectivity index (χ0v) is 15.7. The Morgan fingerprint density at radius 1 is 1.07 bits per heavy atom. The van der Waals surface area contributed by atoms with Gasteiger partial charge in [0.25, 0.3) is 5.91 Å². The summed E-state index contributed by atoms with van der Waals surface area (Å²) < 4.78 is 7.59. The molecule has 1 N–H and O–H groups in total. The van der Waals surface area contributed by atoms with Crippen molar-refractivity contribution in [2.75, 3.05) is 5.32 Å². The molecule has 5 rings (SSSR count). The highest BCUT2D eigenvalue weighted by Crippen LogP contribution is 2.26. The van der Waals surface area contributed by atoms with Crippen LogP contribution in [0.3, 0.4) is 0 Å². The number of aryl methyl sites for hydroxylation is 2. The van der Waals surface area contributed by atoms with E-state index in [1.807, 2.05) is 32.0 Å². The highest BCUT2D eigenvalue weighted by Gasteiger charge is 2.17. The molecular weight excluding hydrogens is 368 g/mol. The molecule has 0 bridgehead atoms. The lowest BCUT2D eigenvalue weighted by Crippen LogP contribution is -2.13. The highest BCUT2D eigenvalue weighted by molar-refractivity contribution is 6.07. The Labute approximate surface area is 165 Å². The fourth-order valence-electron chi connectivity index (χ4n) is 3.25. The molecule has 29 heavy (non-hydrogen) atoms. The number of hydrogen-bond acceptors (Lipinski definition) is 6. The Morgan fingerprint density at radius 2 is 1.90 bits per heavy atom. The molecule has 0 saturated carbocycles. The van der Waals surface area contributed by atoms with Gasteiger partial charge < -0.3 is 9.73 Å². The number of hydrogen-bond donors (Lipinski definition) is 1. The van der Waals surface area contributed by atoms with Crippen molar-refractivity contribution in [3.05, 3.63) is 72.2 Å². The maximum absolute atomic E-state index is 12.8. The van der Waals surface area contributed by atoms with Crippen molar-refractivity contribution < 1.29 is 9.21 Å². The SMILES string of the molecule is Cc1cc(C)n2cnc(C(=O)Nc3ccc4oc(-c5ccncc5)nc4c3)c2n1. The van der Waals surface area contributed by atoms with Gasteiger partial charge in [-0.1, -0.05) is 0 Å². The van der Waals surface area contributed by atoms with Gasteiger partial charge in [0.2, 0.25) is 5.89 Å². The van der Waals surface area contributed by atoms with Crippen LogP contribution in [0, 0.1) is 13.8 Å². The van der Waals surface area contributed by atoms with Crippen LogP contribution in [0.4, 0.5) is 5.69 Å². The molecule has 0 aliphatic carbocycles. The van der Waals surface area contributed by atoms with Gasteiger partial charge in [-0.05, 0) is 50.2 Å². The summed E-state index contributed by atoms with van der Waals surface area (Å²) in [6.07, 6.45) is 4.97. The van der Waals surface area contributed by atoms with Crippen molar-refractivity contribution in [1.82, 2.24) is 24.3 Å².